The van der Waals surface area contributed by atoms with Crippen LogP contribution in [-0.2, 0) is 6.18 Å². The molecule has 0 aromatic carbocycles. The number of nitrogens with zero attached hydrogens (tertiary/aromatic N) is 4. The summed E-state index contributed by atoms with van der Waals surface area (Å²) in [4.78, 5) is 0.744. The molecular formula is C9H6F3N5S2. The number of rotatable bonds is 1. The van der Waals surface area contributed by atoms with Gasteiger partial charge in [0.1, 0.15) is 0 Å². The highest BCUT2D eigenvalue weighted by Crippen LogP contribution is 2.38. The Morgan fingerprint density at radius 2 is 2.05 bits per heavy atom. The Balaban J connectivity index is 2.18. The van der Waals surface area contributed by atoms with E-state index in [-0.39, 0.29) is 4.96 Å². The third-order valence-electron chi connectivity index (χ3n) is 2.46. The molecule has 0 aliphatic rings. The van der Waals surface area contributed by atoms with Gasteiger partial charge in [0.05, 0.1) is 10.6 Å². The minimum atomic E-state index is -4.58. The van der Waals surface area contributed by atoms with Gasteiger partial charge in [-0.15, -0.1) is 21.5 Å². The summed E-state index contributed by atoms with van der Waals surface area (Å²) in [6, 6.07) is 0. The molecule has 0 bridgehead atoms. The molecule has 0 atom stereocenters. The maximum Gasteiger partial charge on any atom is 0.453 e. The average Bonchev–Trinajstić information content (AvgIpc) is 2.92. The minimum Gasteiger partial charge on any atom is -0.397 e. The van der Waals surface area contributed by atoms with Gasteiger partial charge in [0.2, 0.25) is 4.96 Å². The van der Waals surface area contributed by atoms with E-state index in [1.165, 1.54) is 11.3 Å². The zero-order chi connectivity index (χ0) is 13.8. The first-order chi connectivity index (χ1) is 8.88. The number of nitrogens with two attached hydrogens (primary N) is 1. The van der Waals surface area contributed by atoms with Gasteiger partial charge in [-0.05, 0) is 17.9 Å². The molecule has 0 saturated carbocycles. The molecular weight excluding hydrogens is 299 g/mol. The van der Waals surface area contributed by atoms with Crippen molar-refractivity contribution in [1.82, 2.24) is 19.8 Å². The molecule has 0 amide bonds. The van der Waals surface area contributed by atoms with E-state index >= 15 is 0 Å². The molecule has 3 heterocycles. The van der Waals surface area contributed by atoms with Crippen LogP contribution in [0.5, 0.6) is 0 Å². The van der Waals surface area contributed by atoms with Gasteiger partial charge in [-0.3, -0.25) is 0 Å². The highest BCUT2D eigenvalue weighted by Gasteiger charge is 2.38. The monoisotopic (exact) mass is 305 g/mol. The van der Waals surface area contributed by atoms with Crippen LogP contribution in [0.2, 0.25) is 0 Å². The van der Waals surface area contributed by atoms with Crippen molar-refractivity contribution in [1.29, 1.82) is 0 Å². The number of halogens is 3. The predicted octanol–water partition coefficient (Wildman–Crippen LogP) is 2.82. The number of anilines is 1. The first kappa shape index (κ1) is 12.4. The third kappa shape index (κ3) is 1.87. The molecule has 0 unspecified atom stereocenters. The molecule has 0 aliphatic carbocycles. The third-order valence-corrected chi connectivity index (χ3v) is 4.63. The SMILES string of the molecule is Cc1csc(-c2nn3c(C(F)(F)F)nnc3s2)c1N. The van der Waals surface area contributed by atoms with E-state index in [4.69, 9.17) is 5.73 Å². The Bertz CT molecular complexity index is 754. The maximum atomic E-state index is 12.7. The highest BCUT2D eigenvalue weighted by atomic mass is 32.1. The molecule has 0 saturated heterocycles. The predicted molar refractivity (Wildman–Crippen MR) is 66.1 cm³/mol. The van der Waals surface area contributed by atoms with Gasteiger partial charge in [0.25, 0.3) is 5.82 Å². The number of hydrogen-bond donors (Lipinski definition) is 1. The molecule has 0 fully saturated rings. The van der Waals surface area contributed by atoms with Crippen LogP contribution in [0, 0.1) is 6.92 Å². The molecule has 2 N–H and O–H groups in total. The fraction of sp³-hybridized carbons (Fsp3) is 0.222. The van der Waals surface area contributed by atoms with Crippen LogP contribution in [0.15, 0.2) is 5.38 Å². The lowest BCUT2D eigenvalue weighted by atomic mass is 10.3. The highest BCUT2D eigenvalue weighted by molar-refractivity contribution is 7.24. The lowest BCUT2D eigenvalue weighted by molar-refractivity contribution is -0.146. The number of aromatic nitrogens is 4. The molecule has 0 radical (unpaired) electrons. The smallest absolute Gasteiger partial charge is 0.397 e. The summed E-state index contributed by atoms with van der Waals surface area (Å²) in [5.41, 5.74) is 7.27. The Morgan fingerprint density at radius 1 is 1.32 bits per heavy atom. The molecule has 10 heteroatoms. The number of hydrogen-bond acceptors (Lipinski definition) is 6. The van der Waals surface area contributed by atoms with Gasteiger partial charge in [-0.25, -0.2) is 0 Å². The minimum absolute atomic E-state index is 0.0905. The van der Waals surface area contributed by atoms with E-state index < -0.39 is 12.0 Å². The van der Waals surface area contributed by atoms with Crippen molar-refractivity contribution in [3.8, 4) is 9.88 Å². The van der Waals surface area contributed by atoms with Crippen LogP contribution in [0.4, 0.5) is 18.9 Å². The van der Waals surface area contributed by atoms with Crippen molar-refractivity contribution in [2.75, 3.05) is 5.73 Å². The first-order valence-corrected chi connectivity index (χ1v) is 6.71. The van der Waals surface area contributed by atoms with Gasteiger partial charge in [0.15, 0.2) is 5.01 Å². The van der Waals surface area contributed by atoms with Crippen molar-refractivity contribution >= 4 is 33.3 Å². The molecule has 100 valence electrons. The summed E-state index contributed by atoms with van der Waals surface area (Å²) in [5.74, 6) is -1.13. The van der Waals surface area contributed by atoms with Crippen molar-refractivity contribution < 1.29 is 13.2 Å². The topological polar surface area (TPSA) is 69.1 Å². The zero-order valence-corrected chi connectivity index (χ0v) is 11.0. The van der Waals surface area contributed by atoms with Crippen molar-refractivity contribution in [2.24, 2.45) is 0 Å². The largest absolute Gasteiger partial charge is 0.453 e. The fourth-order valence-corrected chi connectivity index (χ4v) is 3.42. The Morgan fingerprint density at radius 3 is 2.63 bits per heavy atom. The van der Waals surface area contributed by atoms with Crippen molar-refractivity contribution in [3.05, 3.63) is 16.8 Å². The van der Waals surface area contributed by atoms with Crippen LogP contribution < -0.4 is 5.73 Å². The second-order valence-corrected chi connectivity index (χ2v) is 5.62. The normalized spacial score (nSPS) is 12.4. The summed E-state index contributed by atoms with van der Waals surface area (Å²) in [6.07, 6.45) is -4.58. The van der Waals surface area contributed by atoms with Crippen molar-refractivity contribution in [2.45, 2.75) is 13.1 Å². The summed E-state index contributed by atoms with van der Waals surface area (Å²) in [5, 5.41) is 12.7. The van der Waals surface area contributed by atoms with Crippen LogP contribution in [-0.4, -0.2) is 19.8 Å². The van der Waals surface area contributed by atoms with Crippen LogP contribution in [0.1, 0.15) is 11.4 Å². The van der Waals surface area contributed by atoms with E-state index in [0.29, 0.717) is 20.1 Å². The van der Waals surface area contributed by atoms with Crippen LogP contribution in [0.25, 0.3) is 14.8 Å². The summed E-state index contributed by atoms with van der Waals surface area (Å²) < 4.78 is 38.7. The number of thiophene rings is 1. The lowest BCUT2D eigenvalue weighted by Crippen LogP contribution is -2.11. The van der Waals surface area contributed by atoms with Gasteiger partial charge in [-0.2, -0.15) is 22.8 Å². The Labute approximate surface area is 112 Å². The van der Waals surface area contributed by atoms with Gasteiger partial charge in [-0.1, -0.05) is 11.3 Å². The Kier molecular flexibility index (Phi) is 2.54. The second kappa shape index (κ2) is 3.90. The summed E-state index contributed by atoms with van der Waals surface area (Å²) >= 11 is 2.36. The number of alkyl halides is 3. The number of fused-ring (bicyclic) bond motifs is 1. The van der Waals surface area contributed by atoms with E-state index in [0.717, 1.165) is 16.9 Å². The number of nitrogen functional groups attached to an aromatic ring is 1. The van der Waals surface area contributed by atoms with E-state index in [1.807, 2.05) is 12.3 Å². The number of aryl methyl sites for hydroxylation is 1. The molecule has 19 heavy (non-hydrogen) atoms. The standard InChI is InChI=1S/C9H6F3N5S2/c1-3-2-18-5(4(3)13)6-16-17-7(9(10,11)12)14-15-8(17)19-6/h2H,13H2,1H3. The summed E-state index contributed by atoms with van der Waals surface area (Å²) in [6.45, 7) is 1.83. The van der Waals surface area contributed by atoms with Gasteiger partial charge in [0, 0.05) is 0 Å². The van der Waals surface area contributed by atoms with Gasteiger partial charge >= 0.3 is 6.18 Å². The van der Waals surface area contributed by atoms with Crippen LogP contribution in [0.3, 0.4) is 0 Å². The Hall–Kier alpha value is -1.68. The summed E-state index contributed by atoms with van der Waals surface area (Å²) in [7, 11) is 0. The average molecular weight is 305 g/mol. The van der Waals surface area contributed by atoms with Gasteiger partial charge < -0.3 is 5.73 Å². The molecule has 0 aliphatic heterocycles. The zero-order valence-electron chi connectivity index (χ0n) is 9.39. The quantitative estimate of drug-likeness (QED) is 0.750. The lowest BCUT2D eigenvalue weighted by Gasteiger charge is -2.00. The second-order valence-electron chi connectivity index (χ2n) is 3.78. The van der Waals surface area contributed by atoms with Crippen LogP contribution >= 0.6 is 22.7 Å². The van der Waals surface area contributed by atoms with E-state index in [1.54, 1.807) is 0 Å². The van der Waals surface area contributed by atoms with E-state index in [2.05, 4.69) is 15.3 Å². The fourth-order valence-electron chi connectivity index (χ4n) is 1.50. The molecule has 3 aromatic heterocycles. The molecule has 5 nitrogen and oxygen atoms in total. The molecule has 0 spiro atoms. The first-order valence-electron chi connectivity index (χ1n) is 5.01. The van der Waals surface area contributed by atoms with Crippen molar-refractivity contribution in [3.63, 3.8) is 0 Å². The molecule has 3 rings (SSSR count). The van der Waals surface area contributed by atoms with E-state index in [9.17, 15) is 13.2 Å². The molecule has 3 aromatic rings. The maximum absolute atomic E-state index is 12.7.